The first-order valence-corrected chi connectivity index (χ1v) is 10.0. The monoisotopic (exact) mass is 411 g/mol. The van der Waals surface area contributed by atoms with E-state index in [1.165, 1.54) is 11.5 Å². The summed E-state index contributed by atoms with van der Waals surface area (Å²) in [6, 6.07) is 7.72. The highest BCUT2D eigenvalue weighted by Gasteiger charge is 2.30. The summed E-state index contributed by atoms with van der Waals surface area (Å²) in [5.41, 5.74) is 0.568. The first-order valence-electron chi connectivity index (χ1n) is 10.0. The van der Waals surface area contributed by atoms with E-state index in [1.54, 1.807) is 7.05 Å². The molecule has 3 heterocycles. The number of imidazole rings is 1. The van der Waals surface area contributed by atoms with Crippen LogP contribution in [0.25, 0.3) is 11.2 Å². The Morgan fingerprint density at radius 1 is 1.20 bits per heavy atom. The average Bonchev–Trinajstić information content (AvgIpc) is 3.09. The molecule has 0 N–H and O–H groups in total. The Hall–Kier alpha value is -3.36. The minimum absolute atomic E-state index is 0.249. The van der Waals surface area contributed by atoms with Gasteiger partial charge in [-0.25, -0.2) is 4.79 Å². The molecule has 4 rings (SSSR count). The van der Waals surface area contributed by atoms with Crippen molar-refractivity contribution >= 4 is 28.6 Å². The molecule has 158 valence electrons. The van der Waals surface area contributed by atoms with Gasteiger partial charge in [-0.05, 0) is 44.0 Å². The molecule has 0 saturated heterocycles. The van der Waals surface area contributed by atoms with E-state index in [4.69, 9.17) is 4.74 Å². The van der Waals surface area contributed by atoms with Gasteiger partial charge in [0.2, 0.25) is 5.95 Å². The van der Waals surface area contributed by atoms with Gasteiger partial charge in [0.05, 0.1) is 13.2 Å². The largest absolute Gasteiger partial charge is 0.494 e. The maximum Gasteiger partial charge on any atom is 0.332 e. The SMILES string of the molecule is CCOc1ccc(N2CC(C)Cn3c2nc2c3c(=O)n(CC(C)=O)c(=O)n2C)cc1. The Labute approximate surface area is 173 Å². The Bertz CT molecular complexity index is 1240. The number of carbonyl (C=O) groups excluding carboxylic acids is 1. The smallest absolute Gasteiger partial charge is 0.332 e. The highest BCUT2D eigenvalue weighted by atomic mass is 16.5. The average molecular weight is 411 g/mol. The van der Waals surface area contributed by atoms with Crippen molar-refractivity contribution in [3.63, 3.8) is 0 Å². The van der Waals surface area contributed by atoms with Gasteiger partial charge in [-0.2, -0.15) is 4.98 Å². The molecule has 3 aromatic rings. The zero-order chi connectivity index (χ0) is 21.6. The molecule has 2 aromatic heterocycles. The zero-order valence-corrected chi connectivity index (χ0v) is 17.6. The molecule has 0 spiro atoms. The quantitative estimate of drug-likeness (QED) is 0.634. The number of rotatable bonds is 5. The Balaban J connectivity index is 1.92. The van der Waals surface area contributed by atoms with E-state index < -0.39 is 11.2 Å². The van der Waals surface area contributed by atoms with Crippen LogP contribution in [0.15, 0.2) is 33.9 Å². The van der Waals surface area contributed by atoms with Crippen molar-refractivity contribution < 1.29 is 9.53 Å². The van der Waals surface area contributed by atoms with Gasteiger partial charge in [0.1, 0.15) is 11.5 Å². The van der Waals surface area contributed by atoms with E-state index in [9.17, 15) is 14.4 Å². The Morgan fingerprint density at radius 2 is 1.90 bits per heavy atom. The van der Waals surface area contributed by atoms with Gasteiger partial charge in [-0.15, -0.1) is 0 Å². The van der Waals surface area contributed by atoms with Crippen LogP contribution < -0.4 is 20.9 Å². The normalized spacial score (nSPS) is 16.0. The van der Waals surface area contributed by atoms with Crippen molar-refractivity contribution in [3.8, 4) is 5.75 Å². The number of ether oxygens (including phenoxy) is 1. The summed E-state index contributed by atoms with van der Waals surface area (Å²) in [4.78, 5) is 44.1. The molecule has 1 atom stereocenters. The van der Waals surface area contributed by atoms with Crippen molar-refractivity contribution in [2.75, 3.05) is 18.1 Å². The fraction of sp³-hybridized carbons (Fsp3) is 0.429. The van der Waals surface area contributed by atoms with Gasteiger partial charge >= 0.3 is 5.69 Å². The van der Waals surface area contributed by atoms with Gasteiger partial charge in [0.25, 0.3) is 5.56 Å². The molecule has 1 unspecified atom stereocenters. The number of aryl methyl sites for hydroxylation is 1. The van der Waals surface area contributed by atoms with Crippen LogP contribution in [0, 0.1) is 5.92 Å². The predicted molar refractivity (Wildman–Crippen MR) is 114 cm³/mol. The van der Waals surface area contributed by atoms with Crippen LogP contribution in [0.2, 0.25) is 0 Å². The molecular formula is C21H25N5O4. The summed E-state index contributed by atoms with van der Waals surface area (Å²) < 4.78 is 9.71. The summed E-state index contributed by atoms with van der Waals surface area (Å²) >= 11 is 0. The van der Waals surface area contributed by atoms with Crippen molar-refractivity contribution in [2.45, 2.75) is 33.9 Å². The first kappa shape index (κ1) is 19.9. The molecule has 0 saturated carbocycles. The van der Waals surface area contributed by atoms with Gasteiger partial charge < -0.3 is 14.2 Å². The number of anilines is 2. The summed E-state index contributed by atoms with van der Waals surface area (Å²) in [5, 5.41) is 0. The van der Waals surface area contributed by atoms with Gasteiger partial charge in [0.15, 0.2) is 11.2 Å². The fourth-order valence-corrected chi connectivity index (χ4v) is 3.97. The van der Waals surface area contributed by atoms with Crippen molar-refractivity contribution in [3.05, 3.63) is 45.1 Å². The van der Waals surface area contributed by atoms with Crippen LogP contribution in [0.1, 0.15) is 20.8 Å². The van der Waals surface area contributed by atoms with Crippen LogP contribution in [-0.4, -0.2) is 37.6 Å². The van der Waals surface area contributed by atoms with Crippen LogP contribution >= 0.6 is 0 Å². The lowest BCUT2D eigenvalue weighted by Gasteiger charge is -2.33. The number of carbonyl (C=O) groups is 1. The molecule has 9 heteroatoms. The molecule has 1 aromatic carbocycles. The maximum atomic E-state index is 13.1. The van der Waals surface area contributed by atoms with Crippen LogP contribution in [-0.2, 0) is 24.9 Å². The lowest BCUT2D eigenvalue weighted by atomic mass is 10.1. The Morgan fingerprint density at radius 3 is 2.53 bits per heavy atom. The molecule has 9 nitrogen and oxygen atoms in total. The minimum atomic E-state index is -0.543. The van der Waals surface area contributed by atoms with Gasteiger partial charge in [-0.1, -0.05) is 6.92 Å². The van der Waals surface area contributed by atoms with Crippen LogP contribution in [0.4, 0.5) is 11.6 Å². The van der Waals surface area contributed by atoms with Crippen molar-refractivity contribution in [1.29, 1.82) is 0 Å². The third-order valence-corrected chi connectivity index (χ3v) is 5.28. The lowest BCUT2D eigenvalue weighted by molar-refractivity contribution is -0.117. The molecule has 0 radical (unpaired) electrons. The first-order chi connectivity index (χ1) is 14.3. The van der Waals surface area contributed by atoms with Crippen molar-refractivity contribution in [1.82, 2.24) is 18.7 Å². The topological polar surface area (TPSA) is 91.4 Å². The summed E-state index contributed by atoms with van der Waals surface area (Å²) in [6.07, 6.45) is 0. The Kier molecular flexibility index (Phi) is 4.97. The molecule has 1 aliphatic heterocycles. The standard InChI is InChI=1S/C21H25N5O4/c1-5-30-16-8-6-15(7-9-16)24-10-13(2)11-25-17-18(22-20(24)25)23(4)21(29)26(19(17)28)12-14(3)27/h6-9,13H,5,10-12H2,1-4H3. The second kappa shape index (κ2) is 7.47. The molecule has 0 bridgehead atoms. The third kappa shape index (κ3) is 3.20. The van der Waals surface area contributed by atoms with Gasteiger partial charge in [0, 0.05) is 25.8 Å². The minimum Gasteiger partial charge on any atom is -0.494 e. The molecule has 0 aliphatic carbocycles. The summed E-state index contributed by atoms with van der Waals surface area (Å²) in [6.45, 7) is 7.08. The molecule has 1 aliphatic rings. The fourth-order valence-electron chi connectivity index (χ4n) is 3.97. The molecular weight excluding hydrogens is 386 g/mol. The molecule has 0 amide bonds. The highest BCUT2D eigenvalue weighted by molar-refractivity contribution is 5.78. The lowest BCUT2D eigenvalue weighted by Crippen LogP contribution is -2.41. The van der Waals surface area contributed by atoms with E-state index in [1.807, 2.05) is 40.7 Å². The number of Topliss-reactive ketones (excluding diaryl/α,β-unsaturated/α-hetero) is 1. The van der Waals surface area contributed by atoms with E-state index in [0.29, 0.717) is 30.3 Å². The predicted octanol–water partition coefficient (Wildman–Crippen LogP) is 1.67. The number of nitrogens with zero attached hydrogens (tertiary/aromatic N) is 5. The van der Waals surface area contributed by atoms with E-state index in [-0.39, 0.29) is 18.2 Å². The highest BCUT2D eigenvalue weighted by Crippen LogP contribution is 2.33. The zero-order valence-electron chi connectivity index (χ0n) is 17.6. The third-order valence-electron chi connectivity index (χ3n) is 5.28. The molecule has 0 fully saturated rings. The van der Waals surface area contributed by atoms with E-state index in [2.05, 4.69) is 11.9 Å². The van der Waals surface area contributed by atoms with E-state index in [0.717, 1.165) is 22.5 Å². The molecule has 30 heavy (non-hydrogen) atoms. The van der Waals surface area contributed by atoms with Crippen molar-refractivity contribution in [2.24, 2.45) is 13.0 Å². The van der Waals surface area contributed by atoms with Crippen LogP contribution in [0.3, 0.4) is 0 Å². The number of benzene rings is 1. The number of aromatic nitrogens is 4. The number of ketones is 1. The number of hydrogen-bond donors (Lipinski definition) is 0. The number of fused-ring (bicyclic) bond motifs is 3. The number of hydrogen-bond acceptors (Lipinski definition) is 6. The van der Waals surface area contributed by atoms with Gasteiger partial charge in [-0.3, -0.25) is 18.7 Å². The second-order valence-electron chi connectivity index (χ2n) is 7.77. The second-order valence-corrected chi connectivity index (χ2v) is 7.77. The summed E-state index contributed by atoms with van der Waals surface area (Å²) in [5.74, 6) is 1.39. The van der Waals surface area contributed by atoms with Crippen LogP contribution in [0.5, 0.6) is 5.75 Å². The maximum absolute atomic E-state index is 13.1. The van der Waals surface area contributed by atoms with E-state index >= 15 is 0 Å². The summed E-state index contributed by atoms with van der Waals surface area (Å²) in [7, 11) is 1.57.